The minimum atomic E-state index is 0.793. The molecule has 73 valence electrons. The fourth-order valence-electron chi connectivity index (χ4n) is 3.89. The fourth-order valence-corrected chi connectivity index (χ4v) is 3.89. The SMILES string of the molecule is C1CCC2C(C1)[N]C1CCCCC12. The Morgan fingerprint density at radius 1 is 0.615 bits per heavy atom. The van der Waals surface area contributed by atoms with Crippen LogP contribution in [0.5, 0.6) is 0 Å². The van der Waals surface area contributed by atoms with Crippen molar-refractivity contribution in [3.63, 3.8) is 0 Å². The molecule has 1 heteroatoms. The Hall–Kier alpha value is -0.0400. The maximum atomic E-state index is 5.03. The van der Waals surface area contributed by atoms with Crippen molar-refractivity contribution in [2.45, 2.75) is 63.5 Å². The third-order valence-corrected chi connectivity index (χ3v) is 4.50. The molecule has 1 saturated heterocycles. The zero-order valence-electron chi connectivity index (χ0n) is 8.41. The Kier molecular flexibility index (Phi) is 2.08. The highest BCUT2D eigenvalue weighted by Gasteiger charge is 2.44. The van der Waals surface area contributed by atoms with Crippen molar-refractivity contribution < 1.29 is 0 Å². The van der Waals surface area contributed by atoms with E-state index in [0.29, 0.717) is 0 Å². The highest BCUT2D eigenvalue weighted by atomic mass is 15.0. The van der Waals surface area contributed by atoms with E-state index in [1.165, 1.54) is 51.4 Å². The topological polar surface area (TPSA) is 14.1 Å². The van der Waals surface area contributed by atoms with Crippen LogP contribution in [-0.2, 0) is 0 Å². The van der Waals surface area contributed by atoms with Crippen LogP contribution in [0.2, 0.25) is 0 Å². The number of fused-ring (bicyclic) bond motifs is 3. The quantitative estimate of drug-likeness (QED) is 0.541. The molecule has 13 heavy (non-hydrogen) atoms. The molecule has 0 N–H and O–H groups in total. The molecule has 0 spiro atoms. The van der Waals surface area contributed by atoms with Gasteiger partial charge in [-0.15, -0.1) is 0 Å². The van der Waals surface area contributed by atoms with Crippen LogP contribution in [0.15, 0.2) is 0 Å². The monoisotopic (exact) mass is 178 g/mol. The third-order valence-electron chi connectivity index (χ3n) is 4.50. The first-order valence-corrected chi connectivity index (χ1v) is 6.15. The minimum Gasteiger partial charge on any atom is -0.235 e. The van der Waals surface area contributed by atoms with Crippen LogP contribution in [0, 0.1) is 11.8 Å². The Balaban J connectivity index is 1.76. The summed E-state index contributed by atoms with van der Waals surface area (Å²) in [5.74, 6) is 2.03. The molecule has 2 aliphatic carbocycles. The zero-order chi connectivity index (χ0) is 8.67. The third kappa shape index (κ3) is 1.32. The normalized spacial score (nSPS) is 49.8. The van der Waals surface area contributed by atoms with Gasteiger partial charge >= 0.3 is 0 Å². The Morgan fingerprint density at radius 3 is 1.62 bits per heavy atom. The highest BCUT2D eigenvalue weighted by molar-refractivity contribution is 4.99. The number of nitrogens with zero attached hydrogens (tertiary/aromatic N) is 1. The molecule has 0 bridgehead atoms. The summed E-state index contributed by atoms with van der Waals surface area (Å²) in [6, 6.07) is 1.59. The Morgan fingerprint density at radius 2 is 1.08 bits per heavy atom. The summed E-state index contributed by atoms with van der Waals surface area (Å²) < 4.78 is 0. The van der Waals surface area contributed by atoms with Gasteiger partial charge in [0.05, 0.1) is 0 Å². The predicted molar refractivity (Wildman–Crippen MR) is 53.6 cm³/mol. The fraction of sp³-hybridized carbons (Fsp3) is 1.00. The molecule has 0 amide bonds. The van der Waals surface area contributed by atoms with Gasteiger partial charge in [-0.1, -0.05) is 25.7 Å². The van der Waals surface area contributed by atoms with E-state index in [2.05, 4.69) is 0 Å². The predicted octanol–water partition coefficient (Wildman–Crippen LogP) is 2.72. The molecule has 0 aromatic heterocycles. The van der Waals surface area contributed by atoms with Crippen LogP contribution < -0.4 is 5.32 Å². The summed E-state index contributed by atoms with van der Waals surface area (Å²) >= 11 is 0. The first-order valence-electron chi connectivity index (χ1n) is 6.15. The van der Waals surface area contributed by atoms with Crippen molar-refractivity contribution in [3.8, 4) is 0 Å². The van der Waals surface area contributed by atoms with Crippen LogP contribution in [0.25, 0.3) is 0 Å². The van der Waals surface area contributed by atoms with E-state index >= 15 is 0 Å². The molecule has 0 aromatic rings. The molecule has 3 rings (SSSR count). The summed E-state index contributed by atoms with van der Waals surface area (Å²) in [6.07, 6.45) is 11.7. The van der Waals surface area contributed by atoms with Crippen molar-refractivity contribution in [3.05, 3.63) is 0 Å². The van der Waals surface area contributed by atoms with Gasteiger partial charge < -0.3 is 0 Å². The molecule has 3 fully saturated rings. The second kappa shape index (κ2) is 3.27. The van der Waals surface area contributed by atoms with E-state index in [9.17, 15) is 0 Å². The van der Waals surface area contributed by atoms with Gasteiger partial charge in [0.15, 0.2) is 0 Å². The summed E-state index contributed by atoms with van der Waals surface area (Å²) in [6.45, 7) is 0. The van der Waals surface area contributed by atoms with E-state index in [4.69, 9.17) is 5.32 Å². The lowest BCUT2D eigenvalue weighted by Crippen LogP contribution is -2.26. The molecule has 3 aliphatic rings. The molecule has 0 aromatic carbocycles. The maximum Gasteiger partial charge on any atom is 0.0280 e. The molecular weight excluding hydrogens is 158 g/mol. The van der Waals surface area contributed by atoms with Gasteiger partial charge in [-0.05, 0) is 37.5 Å². The number of hydrogen-bond donors (Lipinski definition) is 0. The molecule has 4 unspecified atom stereocenters. The molecule has 1 heterocycles. The Bertz CT molecular complexity index is 170. The van der Waals surface area contributed by atoms with Crippen LogP contribution in [0.4, 0.5) is 0 Å². The maximum absolute atomic E-state index is 5.03. The van der Waals surface area contributed by atoms with E-state index < -0.39 is 0 Å². The van der Waals surface area contributed by atoms with Gasteiger partial charge in [0, 0.05) is 12.1 Å². The van der Waals surface area contributed by atoms with Crippen molar-refractivity contribution in [2.75, 3.05) is 0 Å². The van der Waals surface area contributed by atoms with Crippen LogP contribution in [0.3, 0.4) is 0 Å². The van der Waals surface area contributed by atoms with Gasteiger partial charge in [-0.3, -0.25) is 0 Å². The molecule has 2 saturated carbocycles. The van der Waals surface area contributed by atoms with Gasteiger partial charge in [-0.2, -0.15) is 0 Å². The number of rotatable bonds is 0. The summed E-state index contributed by atoms with van der Waals surface area (Å²) in [5.41, 5.74) is 0. The van der Waals surface area contributed by atoms with Gasteiger partial charge in [0.25, 0.3) is 0 Å². The average molecular weight is 178 g/mol. The average Bonchev–Trinajstić information content (AvgIpc) is 2.56. The second-order valence-corrected chi connectivity index (χ2v) is 5.18. The van der Waals surface area contributed by atoms with E-state index in [1.807, 2.05) is 0 Å². The number of hydrogen-bond acceptors (Lipinski definition) is 0. The van der Waals surface area contributed by atoms with Crippen molar-refractivity contribution in [1.29, 1.82) is 0 Å². The van der Waals surface area contributed by atoms with E-state index in [-0.39, 0.29) is 0 Å². The smallest absolute Gasteiger partial charge is 0.0280 e. The van der Waals surface area contributed by atoms with Crippen LogP contribution in [-0.4, -0.2) is 12.1 Å². The lowest BCUT2D eigenvalue weighted by molar-refractivity contribution is 0.231. The highest BCUT2D eigenvalue weighted by Crippen LogP contribution is 2.44. The zero-order valence-corrected chi connectivity index (χ0v) is 8.41. The molecular formula is C12H20N. The summed E-state index contributed by atoms with van der Waals surface area (Å²) in [4.78, 5) is 0. The van der Waals surface area contributed by atoms with Gasteiger partial charge in [0.2, 0.25) is 0 Å². The van der Waals surface area contributed by atoms with Gasteiger partial charge in [0.1, 0.15) is 0 Å². The van der Waals surface area contributed by atoms with E-state index in [1.54, 1.807) is 0 Å². The molecule has 1 nitrogen and oxygen atoms in total. The first-order chi connectivity index (χ1) is 6.45. The first kappa shape index (κ1) is 8.28. The van der Waals surface area contributed by atoms with Crippen LogP contribution in [0.1, 0.15) is 51.4 Å². The lowest BCUT2D eigenvalue weighted by Gasteiger charge is -2.30. The van der Waals surface area contributed by atoms with Gasteiger partial charge in [-0.25, -0.2) is 5.32 Å². The lowest BCUT2D eigenvalue weighted by atomic mass is 9.73. The standard InChI is InChI=1S/C12H20N/c1-3-7-11-9(5-1)10-6-2-4-8-12(10)13-11/h9-12H,1-8H2. The molecule has 1 aliphatic heterocycles. The summed E-state index contributed by atoms with van der Waals surface area (Å²) in [7, 11) is 0. The minimum absolute atomic E-state index is 0.793. The summed E-state index contributed by atoms with van der Waals surface area (Å²) in [5, 5.41) is 5.03. The largest absolute Gasteiger partial charge is 0.235 e. The second-order valence-electron chi connectivity index (χ2n) is 5.18. The Labute approximate surface area is 81.3 Å². The molecule has 1 radical (unpaired) electrons. The molecule has 4 atom stereocenters. The van der Waals surface area contributed by atoms with Crippen molar-refractivity contribution in [1.82, 2.24) is 5.32 Å². The van der Waals surface area contributed by atoms with Crippen molar-refractivity contribution >= 4 is 0 Å². The van der Waals surface area contributed by atoms with Crippen LogP contribution >= 0.6 is 0 Å². The van der Waals surface area contributed by atoms with Crippen molar-refractivity contribution in [2.24, 2.45) is 11.8 Å². The van der Waals surface area contributed by atoms with E-state index in [0.717, 1.165) is 23.9 Å².